The Morgan fingerprint density at radius 2 is 2.38 bits per heavy atom. The van der Waals surface area contributed by atoms with Crippen LogP contribution in [0.4, 0.5) is 0 Å². The molecule has 47 valence electrons. The van der Waals surface area contributed by atoms with Crippen molar-refractivity contribution in [2.75, 3.05) is 0 Å². The van der Waals surface area contributed by atoms with Crippen LogP contribution in [-0.2, 0) is 0 Å². The first-order valence-electron chi connectivity index (χ1n) is 3.67. The fourth-order valence-electron chi connectivity index (χ4n) is 1.38. The predicted octanol–water partition coefficient (Wildman–Crippen LogP) is 2.79. The van der Waals surface area contributed by atoms with Crippen LogP contribution in [0.3, 0.4) is 0 Å². The second-order valence-corrected chi connectivity index (χ2v) is 2.87. The third-order valence-corrected chi connectivity index (χ3v) is 2.22. The molecule has 0 bridgehead atoms. The van der Waals surface area contributed by atoms with E-state index in [1.807, 2.05) is 0 Å². The summed E-state index contributed by atoms with van der Waals surface area (Å²) in [5.41, 5.74) is 0. The minimum Gasteiger partial charge on any atom is -0.0654 e. The number of hydrogen-bond donors (Lipinski definition) is 0. The summed E-state index contributed by atoms with van der Waals surface area (Å²) < 4.78 is 0. The molecule has 0 aliphatic heterocycles. The van der Waals surface area contributed by atoms with Gasteiger partial charge in [-0.25, -0.2) is 0 Å². The molecule has 0 amide bonds. The molecular weight excluding hydrogens is 96.1 g/mol. The summed E-state index contributed by atoms with van der Waals surface area (Å²) >= 11 is 0. The van der Waals surface area contributed by atoms with Crippen molar-refractivity contribution in [3.8, 4) is 0 Å². The van der Waals surface area contributed by atoms with E-state index in [1.165, 1.54) is 25.7 Å². The average molecular weight is 111 g/mol. The third-order valence-electron chi connectivity index (χ3n) is 2.22. The van der Waals surface area contributed by atoms with E-state index in [2.05, 4.69) is 13.8 Å². The highest BCUT2D eigenvalue weighted by molar-refractivity contribution is 5.01. The summed E-state index contributed by atoms with van der Waals surface area (Å²) in [7, 11) is 0. The normalized spacial score (nSPS) is 30.0. The Hall–Kier alpha value is 0. The van der Waals surface area contributed by atoms with Gasteiger partial charge in [-0.05, 0) is 24.7 Å². The molecule has 8 heavy (non-hydrogen) atoms. The highest BCUT2D eigenvalue weighted by atomic mass is 14.3. The van der Waals surface area contributed by atoms with Crippen LogP contribution in [-0.4, -0.2) is 0 Å². The molecule has 0 spiro atoms. The third kappa shape index (κ3) is 1.04. The van der Waals surface area contributed by atoms with Gasteiger partial charge in [0.15, 0.2) is 0 Å². The van der Waals surface area contributed by atoms with Gasteiger partial charge in [0.1, 0.15) is 0 Å². The SMILES string of the molecule is CCCC1CC[C]1C. The minimum absolute atomic E-state index is 1.01. The van der Waals surface area contributed by atoms with Crippen LogP contribution in [0.1, 0.15) is 39.5 Å². The molecule has 0 saturated heterocycles. The van der Waals surface area contributed by atoms with E-state index >= 15 is 0 Å². The molecule has 0 nitrogen and oxygen atoms in total. The zero-order chi connectivity index (χ0) is 5.98. The Morgan fingerprint density at radius 3 is 2.50 bits per heavy atom. The Kier molecular flexibility index (Phi) is 1.93. The Balaban J connectivity index is 2.08. The fourth-order valence-corrected chi connectivity index (χ4v) is 1.38. The molecule has 0 aromatic carbocycles. The molecule has 1 rings (SSSR count). The van der Waals surface area contributed by atoms with Gasteiger partial charge < -0.3 is 0 Å². The molecule has 1 fully saturated rings. The zero-order valence-electron chi connectivity index (χ0n) is 5.91. The smallest absolute Gasteiger partial charge is 0.0241 e. The van der Waals surface area contributed by atoms with Crippen molar-refractivity contribution in [3.05, 3.63) is 5.92 Å². The quantitative estimate of drug-likeness (QED) is 0.514. The van der Waals surface area contributed by atoms with Gasteiger partial charge in [-0.1, -0.05) is 26.7 Å². The largest absolute Gasteiger partial charge is 0.0654 e. The summed E-state index contributed by atoms with van der Waals surface area (Å²) in [6, 6.07) is 0. The summed E-state index contributed by atoms with van der Waals surface area (Å²) in [5.74, 6) is 2.76. The first-order chi connectivity index (χ1) is 3.84. The summed E-state index contributed by atoms with van der Waals surface area (Å²) in [6.45, 7) is 4.56. The van der Waals surface area contributed by atoms with Gasteiger partial charge in [-0.3, -0.25) is 0 Å². The lowest BCUT2D eigenvalue weighted by atomic mass is 9.73. The highest BCUT2D eigenvalue weighted by Gasteiger charge is 2.25. The maximum atomic E-state index is 2.30. The van der Waals surface area contributed by atoms with Crippen LogP contribution in [0.15, 0.2) is 0 Å². The van der Waals surface area contributed by atoms with Gasteiger partial charge in [0.25, 0.3) is 0 Å². The maximum absolute atomic E-state index is 2.30. The van der Waals surface area contributed by atoms with Crippen LogP contribution in [0.25, 0.3) is 0 Å². The van der Waals surface area contributed by atoms with Crippen molar-refractivity contribution in [3.63, 3.8) is 0 Å². The molecule has 1 aliphatic carbocycles. The van der Waals surface area contributed by atoms with Gasteiger partial charge >= 0.3 is 0 Å². The van der Waals surface area contributed by atoms with Crippen molar-refractivity contribution in [1.82, 2.24) is 0 Å². The van der Waals surface area contributed by atoms with Gasteiger partial charge in [-0.15, -0.1) is 0 Å². The van der Waals surface area contributed by atoms with Crippen LogP contribution < -0.4 is 0 Å². The summed E-state index contributed by atoms with van der Waals surface area (Å²) in [5, 5.41) is 0. The zero-order valence-corrected chi connectivity index (χ0v) is 5.91. The molecule has 0 N–H and O–H groups in total. The Bertz CT molecular complexity index is 66.4. The fraction of sp³-hybridized carbons (Fsp3) is 0.875. The summed E-state index contributed by atoms with van der Waals surface area (Å²) in [4.78, 5) is 0. The first kappa shape index (κ1) is 6.12. The van der Waals surface area contributed by atoms with Gasteiger partial charge in [0, 0.05) is 0 Å². The van der Waals surface area contributed by atoms with E-state index in [4.69, 9.17) is 0 Å². The second-order valence-electron chi connectivity index (χ2n) is 2.87. The van der Waals surface area contributed by atoms with Gasteiger partial charge in [-0.2, -0.15) is 0 Å². The standard InChI is InChI=1S/C8H15/c1-3-4-8-6-5-7(8)2/h8H,3-6H2,1-2H3. The molecule has 1 unspecified atom stereocenters. The van der Waals surface area contributed by atoms with Crippen molar-refractivity contribution in [2.24, 2.45) is 5.92 Å². The molecule has 1 atom stereocenters. The van der Waals surface area contributed by atoms with E-state index in [1.54, 1.807) is 5.92 Å². The van der Waals surface area contributed by atoms with E-state index in [0.29, 0.717) is 0 Å². The summed E-state index contributed by atoms with van der Waals surface area (Å²) in [6.07, 6.45) is 5.68. The minimum atomic E-state index is 1.01. The van der Waals surface area contributed by atoms with E-state index in [0.717, 1.165) is 5.92 Å². The molecule has 1 radical (unpaired) electrons. The van der Waals surface area contributed by atoms with Crippen molar-refractivity contribution >= 4 is 0 Å². The van der Waals surface area contributed by atoms with Gasteiger partial charge in [0.05, 0.1) is 0 Å². The lowest BCUT2D eigenvalue weighted by Gasteiger charge is -2.32. The second kappa shape index (κ2) is 2.52. The Morgan fingerprint density at radius 1 is 1.62 bits per heavy atom. The van der Waals surface area contributed by atoms with Gasteiger partial charge in [0.2, 0.25) is 0 Å². The van der Waals surface area contributed by atoms with E-state index < -0.39 is 0 Å². The van der Waals surface area contributed by atoms with Crippen LogP contribution in [0.2, 0.25) is 0 Å². The first-order valence-corrected chi connectivity index (χ1v) is 3.67. The number of hydrogen-bond acceptors (Lipinski definition) is 0. The van der Waals surface area contributed by atoms with Crippen LogP contribution in [0, 0.1) is 11.8 Å². The maximum Gasteiger partial charge on any atom is -0.0241 e. The molecule has 0 heterocycles. The molecule has 0 aromatic heterocycles. The number of rotatable bonds is 2. The molecule has 0 aromatic rings. The highest BCUT2D eigenvalue weighted by Crippen LogP contribution is 2.38. The molecular formula is C8H15. The van der Waals surface area contributed by atoms with Crippen LogP contribution in [0.5, 0.6) is 0 Å². The molecule has 0 heteroatoms. The lowest BCUT2D eigenvalue weighted by molar-refractivity contribution is 0.340. The van der Waals surface area contributed by atoms with Crippen molar-refractivity contribution < 1.29 is 0 Å². The van der Waals surface area contributed by atoms with Crippen molar-refractivity contribution in [1.29, 1.82) is 0 Å². The molecule has 1 saturated carbocycles. The van der Waals surface area contributed by atoms with Crippen molar-refractivity contribution in [2.45, 2.75) is 39.5 Å². The van der Waals surface area contributed by atoms with E-state index in [-0.39, 0.29) is 0 Å². The van der Waals surface area contributed by atoms with Crippen LogP contribution >= 0.6 is 0 Å². The monoisotopic (exact) mass is 111 g/mol. The van der Waals surface area contributed by atoms with E-state index in [9.17, 15) is 0 Å². The topological polar surface area (TPSA) is 0 Å². The predicted molar refractivity (Wildman–Crippen MR) is 36.5 cm³/mol. The Labute approximate surface area is 52.3 Å². The lowest BCUT2D eigenvalue weighted by Crippen LogP contribution is -2.20. The molecule has 1 aliphatic rings. The average Bonchev–Trinajstić information content (AvgIpc) is 1.79.